The number of nitrogens with zero attached hydrogens (tertiary/aromatic N) is 1. The summed E-state index contributed by atoms with van der Waals surface area (Å²) in [6, 6.07) is 0. The first-order chi connectivity index (χ1) is 7.68. The molecule has 0 spiro atoms. The molecule has 0 unspecified atom stereocenters. The van der Waals surface area contributed by atoms with Gasteiger partial charge in [0.25, 0.3) is 0 Å². The maximum atomic E-state index is 10.3. The first-order valence-corrected chi connectivity index (χ1v) is 7.16. The molecule has 1 aliphatic heterocycles. The van der Waals surface area contributed by atoms with Crippen LogP contribution in [0.5, 0.6) is 0 Å². The van der Waals surface area contributed by atoms with Crippen LogP contribution in [0.4, 0.5) is 0 Å². The Morgan fingerprint density at radius 2 is 1.41 bits per heavy atom. The van der Waals surface area contributed by atoms with E-state index in [1.165, 1.54) is 25.7 Å². The molecule has 0 aliphatic carbocycles. The van der Waals surface area contributed by atoms with Crippen molar-refractivity contribution in [2.75, 3.05) is 13.1 Å². The van der Waals surface area contributed by atoms with Crippen LogP contribution in [0.1, 0.15) is 67.2 Å². The van der Waals surface area contributed by atoms with Gasteiger partial charge < -0.3 is 5.11 Å². The van der Waals surface area contributed by atoms with Crippen LogP contribution in [0.3, 0.4) is 0 Å². The van der Waals surface area contributed by atoms with Gasteiger partial charge in [0.1, 0.15) is 0 Å². The quantitative estimate of drug-likeness (QED) is 0.770. The minimum atomic E-state index is -0.641. The van der Waals surface area contributed by atoms with Crippen LogP contribution in [0, 0.1) is 5.41 Å². The van der Waals surface area contributed by atoms with Gasteiger partial charge in [-0.25, -0.2) is 0 Å². The summed E-state index contributed by atoms with van der Waals surface area (Å²) in [4.78, 5) is 2.46. The summed E-state index contributed by atoms with van der Waals surface area (Å²) in [7, 11) is 0. The Morgan fingerprint density at radius 3 is 1.71 bits per heavy atom. The van der Waals surface area contributed by atoms with Gasteiger partial charge >= 0.3 is 0 Å². The first kappa shape index (κ1) is 15.0. The van der Waals surface area contributed by atoms with Gasteiger partial charge in [-0.05, 0) is 46.0 Å². The molecular formula is C15H31NO. The highest BCUT2D eigenvalue weighted by Gasteiger charge is 2.51. The highest BCUT2D eigenvalue weighted by molar-refractivity contribution is 5.05. The molecule has 1 fully saturated rings. The summed E-state index contributed by atoms with van der Waals surface area (Å²) in [5, 5.41) is 10.3. The van der Waals surface area contributed by atoms with E-state index in [0.29, 0.717) is 5.41 Å². The van der Waals surface area contributed by atoms with E-state index >= 15 is 0 Å². The fourth-order valence-corrected chi connectivity index (χ4v) is 3.05. The molecule has 1 N–H and O–H groups in total. The Morgan fingerprint density at radius 1 is 1.00 bits per heavy atom. The third-order valence-corrected chi connectivity index (χ3v) is 4.90. The number of rotatable bonds is 6. The second-order valence-electron chi connectivity index (χ2n) is 6.97. The number of aliphatic hydroxyl groups is 1. The van der Waals surface area contributed by atoms with Gasteiger partial charge in [-0.2, -0.15) is 0 Å². The molecule has 1 heterocycles. The Balaban J connectivity index is 2.65. The SMILES string of the molecule is CCCC1(CCC)CN(C(C)(C)C(C)(C)O)C1. The molecule has 0 aromatic heterocycles. The molecular weight excluding hydrogens is 210 g/mol. The monoisotopic (exact) mass is 241 g/mol. The second kappa shape index (κ2) is 4.89. The van der Waals surface area contributed by atoms with Crippen LogP contribution in [0.2, 0.25) is 0 Å². The van der Waals surface area contributed by atoms with Gasteiger partial charge in [-0.3, -0.25) is 4.90 Å². The zero-order valence-electron chi connectivity index (χ0n) is 12.6. The van der Waals surface area contributed by atoms with E-state index in [0.717, 1.165) is 13.1 Å². The van der Waals surface area contributed by atoms with Crippen molar-refractivity contribution in [2.24, 2.45) is 5.41 Å². The molecule has 17 heavy (non-hydrogen) atoms. The highest BCUT2D eigenvalue weighted by atomic mass is 16.3. The summed E-state index contributed by atoms with van der Waals surface area (Å²) in [6.07, 6.45) is 5.21. The standard InChI is InChI=1S/C15H31NO/c1-7-9-15(10-8-2)11-16(12-15)13(3,4)14(5,6)17/h17H,7-12H2,1-6H3. The highest BCUT2D eigenvalue weighted by Crippen LogP contribution is 2.45. The largest absolute Gasteiger partial charge is 0.389 e. The van der Waals surface area contributed by atoms with Crippen LogP contribution in [0.15, 0.2) is 0 Å². The lowest BCUT2D eigenvalue weighted by atomic mass is 9.68. The molecule has 1 saturated heterocycles. The summed E-state index contributed by atoms with van der Waals surface area (Å²) < 4.78 is 0. The molecule has 0 bridgehead atoms. The fourth-order valence-electron chi connectivity index (χ4n) is 3.05. The third-order valence-electron chi connectivity index (χ3n) is 4.90. The van der Waals surface area contributed by atoms with E-state index in [9.17, 15) is 5.11 Å². The molecule has 1 rings (SSSR count). The lowest BCUT2D eigenvalue weighted by Gasteiger charge is -2.60. The molecule has 0 amide bonds. The van der Waals surface area contributed by atoms with Crippen molar-refractivity contribution in [3.63, 3.8) is 0 Å². The van der Waals surface area contributed by atoms with Crippen molar-refractivity contribution in [3.8, 4) is 0 Å². The lowest BCUT2D eigenvalue weighted by molar-refractivity contribution is -0.148. The minimum absolute atomic E-state index is 0.127. The van der Waals surface area contributed by atoms with E-state index < -0.39 is 5.60 Å². The second-order valence-corrected chi connectivity index (χ2v) is 6.97. The van der Waals surface area contributed by atoms with Crippen LogP contribution in [-0.4, -0.2) is 34.2 Å². The van der Waals surface area contributed by atoms with E-state index in [2.05, 4.69) is 32.6 Å². The van der Waals surface area contributed by atoms with Crippen LogP contribution < -0.4 is 0 Å². The predicted octanol–water partition coefficient (Wildman–Crippen LogP) is 3.44. The topological polar surface area (TPSA) is 23.5 Å². The van der Waals surface area contributed by atoms with E-state index in [-0.39, 0.29) is 5.54 Å². The van der Waals surface area contributed by atoms with Crippen molar-refractivity contribution < 1.29 is 5.11 Å². The zero-order chi connectivity index (χ0) is 13.3. The van der Waals surface area contributed by atoms with Crippen molar-refractivity contribution >= 4 is 0 Å². The maximum absolute atomic E-state index is 10.3. The maximum Gasteiger partial charge on any atom is 0.0769 e. The average Bonchev–Trinajstić information content (AvgIpc) is 2.11. The van der Waals surface area contributed by atoms with Crippen molar-refractivity contribution in [1.29, 1.82) is 0 Å². The van der Waals surface area contributed by atoms with Gasteiger partial charge in [0.05, 0.1) is 5.60 Å². The number of hydrogen-bond acceptors (Lipinski definition) is 2. The third kappa shape index (κ3) is 2.85. The fraction of sp³-hybridized carbons (Fsp3) is 1.00. The predicted molar refractivity (Wildman–Crippen MR) is 74.2 cm³/mol. The summed E-state index contributed by atoms with van der Waals surface area (Å²) in [5.41, 5.74) is -0.235. The summed E-state index contributed by atoms with van der Waals surface area (Å²) >= 11 is 0. The van der Waals surface area contributed by atoms with E-state index in [4.69, 9.17) is 0 Å². The van der Waals surface area contributed by atoms with Crippen molar-refractivity contribution in [1.82, 2.24) is 4.90 Å². The minimum Gasteiger partial charge on any atom is -0.389 e. The van der Waals surface area contributed by atoms with Crippen molar-refractivity contribution in [3.05, 3.63) is 0 Å². The Labute approximate surface area is 107 Å². The molecule has 0 radical (unpaired) electrons. The lowest BCUT2D eigenvalue weighted by Crippen LogP contribution is -2.69. The number of hydrogen-bond donors (Lipinski definition) is 1. The molecule has 1 aliphatic rings. The van der Waals surface area contributed by atoms with Gasteiger partial charge in [-0.1, -0.05) is 26.7 Å². The van der Waals surface area contributed by atoms with E-state index in [1.54, 1.807) is 0 Å². The summed E-state index contributed by atoms with van der Waals surface area (Å²) in [5.74, 6) is 0. The average molecular weight is 241 g/mol. The Hall–Kier alpha value is -0.0800. The zero-order valence-corrected chi connectivity index (χ0v) is 12.6. The molecule has 2 nitrogen and oxygen atoms in total. The molecule has 0 aromatic rings. The van der Waals surface area contributed by atoms with Gasteiger partial charge in [0.2, 0.25) is 0 Å². The smallest absolute Gasteiger partial charge is 0.0769 e. The van der Waals surface area contributed by atoms with Crippen LogP contribution >= 0.6 is 0 Å². The molecule has 0 atom stereocenters. The van der Waals surface area contributed by atoms with Gasteiger partial charge in [0, 0.05) is 18.6 Å². The number of likely N-dealkylation sites (tertiary alicyclic amines) is 1. The Bertz CT molecular complexity index is 238. The van der Waals surface area contributed by atoms with Crippen LogP contribution in [-0.2, 0) is 0 Å². The normalized spacial score (nSPS) is 21.4. The van der Waals surface area contributed by atoms with Gasteiger partial charge in [-0.15, -0.1) is 0 Å². The molecule has 2 heteroatoms. The van der Waals surface area contributed by atoms with Crippen LogP contribution in [0.25, 0.3) is 0 Å². The molecule has 102 valence electrons. The molecule has 0 saturated carbocycles. The van der Waals surface area contributed by atoms with Gasteiger partial charge in [0.15, 0.2) is 0 Å². The summed E-state index contributed by atoms with van der Waals surface area (Å²) in [6.45, 7) is 15.0. The Kier molecular flexibility index (Phi) is 4.31. The molecule has 0 aromatic carbocycles. The van der Waals surface area contributed by atoms with E-state index in [1.807, 2.05) is 13.8 Å². The van der Waals surface area contributed by atoms with Crippen molar-refractivity contribution in [2.45, 2.75) is 78.4 Å². The first-order valence-electron chi connectivity index (χ1n) is 7.16.